The van der Waals surface area contributed by atoms with Gasteiger partial charge in [0.05, 0.1) is 6.61 Å². The SMILES string of the molecule is CCC(F)C(F)(F)C(O)(F)F.CCCCOC(C)=O. The summed E-state index contributed by atoms with van der Waals surface area (Å²) in [5.41, 5.74) is 0. The maximum atomic E-state index is 12.0. The molecular weight excluding hydrogens is 275 g/mol. The van der Waals surface area contributed by atoms with Crippen LogP contribution in [0.1, 0.15) is 40.0 Å². The Morgan fingerprint density at radius 1 is 1.26 bits per heavy atom. The normalized spacial score (nSPS) is 13.3. The lowest BCUT2D eigenvalue weighted by Gasteiger charge is -2.23. The second-order valence-electron chi connectivity index (χ2n) is 3.73. The van der Waals surface area contributed by atoms with Crippen LogP contribution >= 0.6 is 0 Å². The predicted molar refractivity (Wildman–Crippen MR) is 58.8 cm³/mol. The van der Waals surface area contributed by atoms with Gasteiger partial charge in [-0.1, -0.05) is 20.3 Å². The monoisotopic (exact) mass is 294 g/mol. The fraction of sp³-hybridized carbons (Fsp3) is 0.909. The van der Waals surface area contributed by atoms with Gasteiger partial charge in [-0.05, 0) is 12.8 Å². The van der Waals surface area contributed by atoms with Gasteiger partial charge >= 0.3 is 18.0 Å². The van der Waals surface area contributed by atoms with Crippen molar-refractivity contribution in [2.24, 2.45) is 0 Å². The molecule has 0 aromatic rings. The minimum absolute atomic E-state index is 0.182. The van der Waals surface area contributed by atoms with Crippen LogP contribution in [0.15, 0.2) is 0 Å². The summed E-state index contributed by atoms with van der Waals surface area (Å²) in [6, 6.07) is 0. The first-order valence-corrected chi connectivity index (χ1v) is 5.76. The number of aliphatic hydroxyl groups is 1. The second kappa shape index (κ2) is 9.06. The zero-order valence-corrected chi connectivity index (χ0v) is 11.1. The Balaban J connectivity index is 0. The van der Waals surface area contributed by atoms with Crippen LogP contribution in [0.5, 0.6) is 0 Å². The van der Waals surface area contributed by atoms with Crippen molar-refractivity contribution in [3.63, 3.8) is 0 Å². The van der Waals surface area contributed by atoms with Crippen LogP contribution in [-0.2, 0) is 9.53 Å². The average molecular weight is 294 g/mol. The summed E-state index contributed by atoms with van der Waals surface area (Å²) in [5.74, 6) is -5.18. The minimum Gasteiger partial charge on any atom is -0.466 e. The van der Waals surface area contributed by atoms with E-state index in [0.29, 0.717) is 6.61 Å². The van der Waals surface area contributed by atoms with E-state index in [1.807, 2.05) is 0 Å². The van der Waals surface area contributed by atoms with Gasteiger partial charge in [0.2, 0.25) is 0 Å². The number of rotatable bonds is 6. The van der Waals surface area contributed by atoms with Crippen molar-refractivity contribution < 1.29 is 36.6 Å². The maximum absolute atomic E-state index is 12.0. The second-order valence-corrected chi connectivity index (χ2v) is 3.73. The summed E-state index contributed by atoms with van der Waals surface area (Å²) >= 11 is 0. The molecule has 0 heterocycles. The molecule has 0 aliphatic heterocycles. The molecule has 1 N–H and O–H groups in total. The number of hydrogen-bond acceptors (Lipinski definition) is 3. The Kier molecular flexibility index (Phi) is 9.73. The number of hydrogen-bond donors (Lipinski definition) is 1. The number of carbonyl (C=O) groups excluding carboxylic acids is 1. The fourth-order valence-electron chi connectivity index (χ4n) is 0.805. The fourth-order valence-corrected chi connectivity index (χ4v) is 0.805. The quantitative estimate of drug-likeness (QED) is 0.464. The van der Waals surface area contributed by atoms with Crippen molar-refractivity contribution in [3.8, 4) is 0 Å². The first-order valence-electron chi connectivity index (χ1n) is 5.76. The van der Waals surface area contributed by atoms with Gasteiger partial charge < -0.3 is 9.84 Å². The molecule has 0 fully saturated rings. The van der Waals surface area contributed by atoms with Gasteiger partial charge in [0.25, 0.3) is 0 Å². The molecule has 8 heteroatoms. The third-order valence-electron chi connectivity index (χ3n) is 1.96. The van der Waals surface area contributed by atoms with E-state index in [-0.39, 0.29) is 5.97 Å². The van der Waals surface area contributed by atoms with Crippen molar-refractivity contribution in [2.45, 2.75) is 58.2 Å². The molecule has 1 atom stereocenters. The van der Waals surface area contributed by atoms with Crippen LogP contribution in [0.3, 0.4) is 0 Å². The van der Waals surface area contributed by atoms with Crippen LogP contribution in [-0.4, -0.2) is 35.9 Å². The Bertz CT molecular complexity index is 253. The Labute approximate surface area is 108 Å². The molecule has 0 amide bonds. The number of halogens is 5. The number of unbranched alkanes of at least 4 members (excludes halogenated alkanes) is 1. The molecule has 0 saturated heterocycles. The van der Waals surface area contributed by atoms with E-state index in [1.54, 1.807) is 0 Å². The van der Waals surface area contributed by atoms with Crippen molar-refractivity contribution in [2.75, 3.05) is 6.61 Å². The van der Waals surface area contributed by atoms with Crippen molar-refractivity contribution in [1.82, 2.24) is 0 Å². The Hall–Kier alpha value is -0.920. The number of alkyl halides is 5. The molecule has 116 valence electrons. The number of ether oxygens (including phenoxy) is 1. The lowest BCUT2D eigenvalue weighted by molar-refractivity contribution is -0.342. The Morgan fingerprint density at radius 2 is 1.74 bits per heavy atom. The molecule has 3 nitrogen and oxygen atoms in total. The molecule has 0 radical (unpaired) electrons. The highest BCUT2D eigenvalue weighted by molar-refractivity contribution is 5.65. The summed E-state index contributed by atoms with van der Waals surface area (Å²) in [7, 11) is 0. The maximum Gasteiger partial charge on any atom is 0.420 e. The van der Waals surface area contributed by atoms with Crippen molar-refractivity contribution >= 4 is 5.97 Å². The summed E-state index contributed by atoms with van der Waals surface area (Å²) in [6.45, 7) is 5.04. The molecule has 0 rings (SSSR count). The molecule has 0 aliphatic rings. The third kappa shape index (κ3) is 8.74. The van der Waals surface area contributed by atoms with Crippen molar-refractivity contribution in [1.29, 1.82) is 0 Å². The average Bonchev–Trinajstić information content (AvgIpc) is 2.27. The highest BCUT2D eigenvalue weighted by Gasteiger charge is 2.60. The van der Waals surface area contributed by atoms with Crippen LogP contribution in [0, 0.1) is 0 Å². The molecule has 0 bridgehead atoms. The summed E-state index contributed by atoms with van der Waals surface area (Å²) in [4.78, 5) is 10.1. The topological polar surface area (TPSA) is 46.5 Å². The lowest BCUT2D eigenvalue weighted by Crippen LogP contribution is -2.47. The number of esters is 1. The van der Waals surface area contributed by atoms with Gasteiger partial charge in [-0.3, -0.25) is 4.79 Å². The van der Waals surface area contributed by atoms with E-state index >= 15 is 0 Å². The summed E-state index contributed by atoms with van der Waals surface area (Å²) in [6.07, 6.45) is -7.04. The number of carbonyl (C=O) groups is 1. The molecular formula is C11H19F5O3. The van der Waals surface area contributed by atoms with E-state index in [4.69, 9.17) is 5.11 Å². The van der Waals surface area contributed by atoms with Crippen molar-refractivity contribution in [3.05, 3.63) is 0 Å². The molecule has 0 aromatic carbocycles. The first kappa shape index (κ1) is 20.4. The van der Waals surface area contributed by atoms with E-state index in [0.717, 1.165) is 19.8 Å². The zero-order valence-electron chi connectivity index (χ0n) is 11.1. The van der Waals surface area contributed by atoms with Crippen LogP contribution in [0.2, 0.25) is 0 Å². The van der Waals surface area contributed by atoms with E-state index < -0.39 is 24.6 Å². The standard InChI is InChI=1S/C6H12O2.C5H7F5O/c1-3-4-5-8-6(2)7;1-2-3(6)4(7,8)5(9,10)11/h3-5H2,1-2H3;3,11H,2H2,1H3. The van der Waals surface area contributed by atoms with Crippen LogP contribution < -0.4 is 0 Å². The molecule has 0 aliphatic carbocycles. The first-order chi connectivity index (χ1) is 8.50. The largest absolute Gasteiger partial charge is 0.466 e. The smallest absolute Gasteiger partial charge is 0.420 e. The highest BCUT2D eigenvalue weighted by atomic mass is 19.3. The van der Waals surface area contributed by atoms with Gasteiger partial charge in [-0.15, -0.1) is 0 Å². The van der Waals surface area contributed by atoms with Gasteiger partial charge in [-0.25, -0.2) is 4.39 Å². The van der Waals surface area contributed by atoms with E-state index in [9.17, 15) is 26.7 Å². The minimum atomic E-state index is -5.29. The molecule has 0 aromatic heterocycles. The lowest BCUT2D eigenvalue weighted by atomic mass is 10.1. The zero-order chi connectivity index (χ0) is 15.7. The van der Waals surface area contributed by atoms with Gasteiger partial charge in [0.15, 0.2) is 6.17 Å². The molecule has 19 heavy (non-hydrogen) atoms. The Morgan fingerprint density at radius 3 is 1.95 bits per heavy atom. The molecule has 0 spiro atoms. The van der Waals surface area contributed by atoms with Gasteiger partial charge in [0.1, 0.15) is 0 Å². The van der Waals surface area contributed by atoms with E-state index in [2.05, 4.69) is 11.7 Å². The van der Waals surface area contributed by atoms with Crippen LogP contribution in [0.25, 0.3) is 0 Å². The van der Waals surface area contributed by atoms with E-state index in [1.165, 1.54) is 6.92 Å². The van der Waals surface area contributed by atoms with Crippen LogP contribution in [0.4, 0.5) is 22.0 Å². The predicted octanol–water partition coefficient (Wildman–Crippen LogP) is 3.30. The summed E-state index contributed by atoms with van der Waals surface area (Å²) < 4.78 is 63.6. The van der Waals surface area contributed by atoms with Gasteiger partial charge in [0, 0.05) is 6.92 Å². The van der Waals surface area contributed by atoms with Gasteiger partial charge in [-0.2, -0.15) is 17.6 Å². The molecule has 1 unspecified atom stereocenters. The summed E-state index contributed by atoms with van der Waals surface area (Å²) in [5, 5.41) is 7.52. The third-order valence-corrected chi connectivity index (χ3v) is 1.96. The molecule has 0 saturated carbocycles. The highest BCUT2D eigenvalue weighted by Crippen LogP contribution is 2.37.